The van der Waals surface area contributed by atoms with Crippen molar-refractivity contribution >= 4 is 0 Å². The van der Waals surface area contributed by atoms with Gasteiger partial charge in [0.05, 0.1) is 0 Å². The van der Waals surface area contributed by atoms with E-state index in [1.54, 1.807) is 59.8 Å². The average molecular weight is 385 g/mol. The molecule has 1 aliphatic carbocycles. The molecule has 0 saturated heterocycles. The molecule has 0 aliphatic heterocycles. The van der Waals surface area contributed by atoms with Crippen LogP contribution in [-0.4, -0.2) is 65.8 Å². The number of aliphatic hydroxyl groups excluding tert-OH is 3. The lowest BCUT2D eigenvalue weighted by molar-refractivity contribution is -0.334. The number of hydrogen-bond acceptors (Lipinski definition) is 6. The quantitative estimate of drug-likeness (QED) is 0.385. The summed E-state index contributed by atoms with van der Waals surface area (Å²) in [5.41, 5.74) is -4.17. The van der Waals surface area contributed by atoms with E-state index in [0.29, 0.717) is 0 Å². The number of rotatable bonds is 6. The Hall–Kier alpha value is -1.02. The van der Waals surface area contributed by atoms with Crippen LogP contribution >= 0.6 is 0 Å². The third-order valence-electron chi connectivity index (χ3n) is 5.35. The van der Waals surface area contributed by atoms with Gasteiger partial charge in [0.2, 0.25) is 0 Å². The monoisotopic (exact) mass is 384 g/mol. The van der Waals surface area contributed by atoms with Crippen molar-refractivity contribution in [1.29, 1.82) is 0 Å². The van der Waals surface area contributed by atoms with Gasteiger partial charge in [0.1, 0.15) is 35.1 Å². The molecule has 1 saturated carbocycles. The summed E-state index contributed by atoms with van der Waals surface area (Å²) in [6.07, 6.45) is -1.29. The van der Waals surface area contributed by atoms with Crippen molar-refractivity contribution in [1.82, 2.24) is 0 Å². The topological polar surface area (TPSA) is 121 Å². The van der Waals surface area contributed by atoms with Gasteiger partial charge in [-0.1, -0.05) is 34.9 Å². The first kappa shape index (κ1) is 24.0. The van der Waals surface area contributed by atoms with Gasteiger partial charge in [0, 0.05) is 0 Å². The summed E-state index contributed by atoms with van der Waals surface area (Å²) >= 11 is 0. The molecular formula is C21H36O6. The summed E-state index contributed by atoms with van der Waals surface area (Å²) in [5.74, 6) is 0. The highest BCUT2D eigenvalue weighted by molar-refractivity contribution is 5.25. The van der Waals surface area contributed by atoms with Crippen LogP contribution in [0.1, 0.15) is 60.8 Å². The fourth-order valence-electron chi connectivity index (χ4n) is 3.52. The molecule has 6 N–H and O–H groups in total. The predicted molar refractivity (Wildman–Crippen MR) is 105 cm³/mol. The van der Waals surface area contributed by atoms with Gasteiger partial charge in [-0.15, -0.1) is 0 Å². The van der Waals surface area contributed by atoms with Crippen LogP contribution in [0.2, 0.25) is 0 Å². The van der Waals surface area contributed by atoms with Crippen molar-refractivity contribution < 1.29 is 30.6 Å². The minimum Gasteiger partial charge on any atom is -0.387 e. The standard InChI is InChI=1S/C21H36O6/c1-13(2)7-10-19(25)16(22)20(26,11-8-14(3)4)18(24)21(27,17(19)23)12-9-15(5)6/h7-9,16-18,22-27H,10-12H2,1-6H3. The smallest absolute Gasteiger partial charge is 0.125 e. The van der Waals surface area contributed by atoms with Crippen molar-refractivity contribution in [2.45, 2.75) is 95.9 Å². The Kier molecular flexibility index (Phi) is 7.61. The first-order chi connectivity index (χ1) is 12.2. The van der Waals surface area contributed by atoms with Crippen molar-refractivity contribution in [2.75, 3.05) is 0 Å². The summed E-state index contributed by atoms with van der Waals surface area (Å²) in [5, 5.41) is 65.9. The van der Waals surface area contributed by atoms with Crippen molar-refractivity contribution in [2.24, 2.45) is 0 Å². The van der Waals surface area contributed by atoms with Crippen LogP contribution < -0.4 is 0 Å². The molecule has 0 bridgehead atoms. The van der Waals surface area contributed by atoms with Crippen molar-refractivity contribution in [3.8, 4) is 0 Å². The average Bonchev–Trinajstić information content (AvgIpc) is 2.59. The van der Waals surface area contributed by atoms with Gasteiger partial charge in [-0.2, -0.15) is 0 Å². The molecule has 156 valence electrons. The second kappa shape index (κ2) is 8.55. The fraction of sp³-hybridized carbons (Fsp3) is 0.714. The van der Waals surface area contributed by atoms with Gasteiger partial charge in [-0.3, -0.25) is 0 Å². The summed E-state index contributed by atoms with van der Waals surface area (Å²) in [7, 11) is 0. The SMILES string of the molecule is CC(C)=CCC1(O)C(O)C(O)(CC=C(C)C)C(O)C(O)(CC=C(C)C)C1O. The highest BCUT2D eigenvalue weighted by Gasteiger charge is 2.69. The molecule has 1 rings (SSSR count). The predicted octanol–water partition coefficient (Wildman–Crippen LogP) is 1.34. The molecule has 0 amide bonds. The van der Waals surface area contributed by atoms with Crippen LogP contribution in [0.4, 0.5) is 0 Å². The largest absolute Gasteiger partial charge is 0.387 e. The third kappa shape index (κ3) is 4.70. The highest BCUT2D eigenvalue weighted by Crippen LogP contribution is 2.47. The molecule has 0 spiro atoms. The Labute approximate surface area is 162 Å². The second-order valence-electron chi connectivity index (χ2n) is 8.64. The van der Waals surface area contributed by atoms with E-state index < -0.39 is 35.1 Å². The number of allylic oxidation sites excluding steroid dienone is 3. The maximum Gasteiger partial charge on any atom is 0.125 e. The van der Waals surface area contributed by atoms with Gasteiger partial charge >= 0.3 is 0 Å². The van der Waals surface area contributed by atoms with Gasteiger partial charge in [-0.05, 0) is 60.8 Å². The van der Waals surface area contributed by atoms with Gasteiger partial charge < -0.3 is 30.6 Å². The lowest BCUT2D eigenvalue weighted by Gasteiger charge is -2.58. The van der Waals surface area contributed by atoms with E-state index in [0.717, 1.165) is 16.7 Å². The molecule has 0 heterocycles. The van der Waals surface area contributed by atoms with E-state index in [1.165, 1.54) is 0 Å². The maximum absolute atomic E-state index is 11.2. The fourth-order valence-corrected chi connectivity index (χ4v) is 3.52. The van der Waals surface area contributed by atoms with Crippen LogP contribution in [0.5, 0.6) is 0 Å². The zero-order chi connectivity index (χ0) is 21.2. The maximum atomic E-state index is 11.2. The number of hydrogen-bond donors (Lipinski definition) is 6. The zero-order valence-corrected chi connectivity index (χ0v) is 17.3. The minimum atomic E-state index is -2.23. The molecule has 0 atom stereocenters. The van der Waals surface area contributed by atoms with E-state index in [-0.39, 0.29) is 19.3 Å². The molecule has 0 unspecified atom stereocenters. The molecule has 27 heavy (non-hydrogen) atoms. The van der Waals surface area contributed by atoms with Gasteiger partial charge in [-0.25, -0.2) is 0 Å². The van der Waals surface area contributed by atoms with Crippen molar-refractivity contribution in [3.05, 3.63) is 34.9 Å². The number of aliphatic hydroxyl groups is 6. The summed E-state index contributed by atoms with van der Waals surface area (Å²) in [6.45, 7) is 10.8. The first-order valence-corrected chi connectivity index (χ1v) is 9.33. The van der Waals surface area contributed by atoms with Crippen LogP contribution in [0, 0.1) is 0 Å². The van der Waals surface area contributed by atoms with Gasteiger partial charge in [0.25, 0.3) is 0 Å². The Morgan fingerprint density at radius 3 is 0.889 bits per heavy atom. The van der Waals surface area contributed by atoms with E-state index in [4.69, 9.17) is 0 Å². The zero-order valence-electron chi connectivity index (χ0n) is 17.3. The van der Waals surface area contributed by atoms with Crippen LogP contribution in [0.15, 0.2) is 34.9 Å². The van der Waals surface area contributed by atoms with Crippen LogP contribution in [0.25, 0.3) is 0 Å². The normalized spacial score (nSPS) is 38.9. The van der Waals surface area contributed by atoms with E-state index in [1.807, 2.05) is 0 Å². The minimum absolute atomic E-state index is 0.182. The van der Waals surface area contributed by atoms with E-state index >= 15 is 0 Å². The molecule has 0 aromatic heterocycles. The summed E-state index contributed by atoms with van der Waals surface area (Å²) < 4.78 is 0. The molecular weight excluding hydrogens is 348 g/mol. The summed E-state index contributed by atoms with van der Waals surface area (Å²) in [4.78, 5) is 0. The van der Waals surface area contributed by atoms with Crippen LogP contribution in [-0.2, 0) is 0 Å². The molecule has 0 radical (unpaired) electrons. The lowest BCUT2D eigenvalue weighted by atomic mass is 9.58. The Bertz CT molecular complexity index is 509. The van der Waals surface area contributed by atoms with Crippen molar-refractivity contribution in [3.63, 3.8) is 0 Å². The lowest BCUT2D eigenvalue weighted by Crippen LogP contribution is -2.80. The van der Waals surface area contributed by atoms with E-state index in [2.05, 4.69) is 0 Å². The van der Waals surface area contributed by atoms with Gasteiger partial charge in [0.15, 0.2) is 0 Å². The second-order valence-corrected chi connectivity index (χ2v) is 8.64. The molecule has 0 aromatic carbocycles. The Morgan fingerprint density at radius 1 is 0.556 bits per heavy atom. The van der Waals surface area contributed by atoms with Crippen LogP contribution in [0.3, 0.4) is 0 Å². The Balaban J connectivity index is 3.55. The Morgan fingerprint density at radius 2 is 0.741 bits per heavy atom. The molecule has 0 aromatic rings. The third-order valence-corrected chi connectivity index (χ3v) is 5.35. The highest BCUT2D eigenvalue weighted by atomic mass is 16.4. The molecule has 1 fully saturated rings. The summed E-state index contributed by atoms with van der Waals surface area (Å²) in [6, 6.07) is 0. The molecule has 1 aliphatic rings. The first-order valence-electron chi connectivity index (χ1n) is 9.33. The van der Waals surface area contributed by atoms with E-state index in [9.17, 15) is 30.6 Å². The molecule has 6 heteroatoms. The molecule has 6 nitrogen and oxygen atoms in total.